The summed E-state index contributed by atoms with van der Waals surface area (Å²) in [6.07, 6.45) is 3.77. The van der Waals surface area contributed by atoms with Gasteiger partial charge in [0.15, 0.2) is 0 Å². The van der Waals surface area contributed by atoms with Crippen LogP contribution in [0.5, 0.6) is 0 Å². The van der Waals surface area contributed by atoms with Crippen LogP contribution < -0.4 is 0 Å². The maximum absolute atomic E-state index is 9.56. The second-order valence-electron chi connectivity index (χ2n) is 8.27. The number of hydrogen-bond acceptors (Lipinski definition) is 3. The molecule has 0 fully saturated rings. The van der Waals surface area contributed by atoms with E-state index in [1.54, 1.807) is 0 Å². The van der Waals surface area contributed by atoms with Crippen molar-refractivity contribution < 1.29 is 0 Å². The van der Waals surface area contributed by atoms with Crippen LogP contribution >= 0.6 is 0 Å². The Morgan fingerprint density at radius 2 is 1.38 bits per heavy atom. The summed E-state index contributed by atoms with van der Waals surface area (Å²) in [6, 6.07) is 32.7. The van der Waals surface area contributed by atoms with E-state index in [1.165, 1.54) is 0 Å². The Kier molecular flexibility index (Phi) is 3.84. The van der Waals surface area contributed by atoms with Crippen molar-refractivity contribution in [3.63, 3.8) is 0 Å². The van der Waals surface area contributed by atoms with Crippen LogP contribution in [0.1, 0.15) is 5.56 Å². The molecule has 0 atom stereocenters. The van der Waals surface area contributed by atoms with Crippen molar-refractivity contribution in [2.45, 2.75) is 0 Å². The van der Waals surface area contributed by atoms with Gasteiger partial charge in [0, 0.05) is 34.5 Å². The van der Waals surface area contributed by atoms with Gasteiger partial charge in [0.05, 0.1) is 44.7 Å². The molecule has 0 saturated carbocycles. The quantitative estimate of drug-likeness (QED) is 0.310. The van der Waals surface area contributed by atoms with Crippen molar-refractivity contribution in [3.05, 3.63) is 109 Å². The number of nitrogens with zero attached hydrogens (tertiary/aromatic N) is 5. The summed E-state index contributed by atoms with van der Waals surface area (Å²) >= 11 is 0. The lowest BCUT2D eigenvalue weighted by Crippen LogP contribution is -1.99. The molecule has 5 nitrogen and oxygen atoms in total. The zero-order valence-electron chi connectivity index (χ0n) is 18.1. The molecule has 0 radical (unpaired) electrons. The SMILES string of the molecule is N#Cc1cccc(-n2c3ccccc3c3ncc4c5ncccc5n(-c5ccccc5)c4c32)c1. The molecule has 0 unspecified atom stereocenters. The Balaban J connectivity index is 1.78. The van der Waals surface area contributed by atoms with Crippen LogP contribution in [0, 0.1) is 11.3 Å². The minimum atomic E-state index is 0.619. The van der Waals surface area contributed by atoms with Crippen LogP contribution in [-0.4, -0.2) is 19.1 Å². The largest absolute Gasteiger partial charge is 0.306 e. The highest BCUT2D eigenvalue weighted by molar-refractivity contribution is 6.21. The highest BCUT2D eigenvalue weighted by Crippen LogP contribution is 2.39. The molecule has 3 aromatic carbocycles. The predicted octanol–water partition coefficient (Wildman–Crippen LogP) is 6.54. The number of hydrogen-bond donors (Lipinski definition) is 0. The Hall–Kier alpha value is -4.95. The van der Waals surface area contributed by atoms with Crippen molar-refractivity contribution in [3.8, 4) is 17.4 Å². The number of fused-ring (bicyclic) bond motifs is 7. The summed E-state index contributed by atoms with van der Waals surface area (Å²) < 4.78 is 4.49. The highest BCUT2D eigenvalue weighted by Gasteiger charge is 2.22. The normalized spacial score (nSPS) is 11.5. The average Bonchev–Trinajstić information content (AvgIpc) is 3.42. The maximum atomic E-state index is 9.56. The van der Waals surface area contributed by atoms with Crippen LogP contribution in [0.4, 0.5) is 0 Å². The van der Waals surface area contributed by atoms with Gasteiger partial charge < -0.3 is 9.13 Å². The second kappa shape index (κ2) is 7.03. The molecule has 7 aromatic rings. The number of para-hydroxylation sites is 2. The standard InChI is InChI=1S/C29H17N5/c30-17-19-8-6-11-21(16-19)34-24-13-5-4-12-22(24)27-29(34)28-23(18-32-27)26-25(14-7-15-31-26)33(28)20-9-2-1-3-10-20/h1-16,18H. The number of pyridine rings is 2. The molecule has 0 N–H and O–H groups in total. The van der Waals surface area contributed by atoms with E-state index in [4.69, 9.17) is 9.97 Å². The smallest absolute Gasteiger partial charge is 0.0992 e. The molecule has 0 aliphatic rings. The van der Waals surface area contributed by atoms with Crippen molar-refractivity contribution in [1.29, 1.82) is 5.26 Å². The van der Waals surface area contributed by atoms with E-state index in [0.717, 1.165) is 55.2 Å². The van der Waals surface area contributed by atoms with E-state index in [1.807, 2.05) is 73.1 Å². The van der Waals surface area contributed by atoms with Gasteiger partial charge in [0.25, 0.3) is 0 Å². The zero-order valence-corrected chi connectivity index (χ0v) is 18.1. The van der Waals surface area contributed by atoms with Crippen LogP contribution in [0.2, 0.25) is 0 Å². The van der Waals surface area contributed by atoms with Gasteiger partial charge in [0.2, 0.25) is 0 Å². The lowest BCUT2D eigenvalue weighted by molar-refractivity contribution is 1.14. The van der Waals surface area contributed by atoms with Crippen LogP contribution in [0.25, 0.3) is 55.2 Å². The van der Waals surface area contributed by atoms with Crippen LogP contribution in [0.15, 0.2) is 103 Å². The zero-order chi connectivity index (χ0) is 22.6. The van der Waals surface area contributed by atoms with Crippen molar-refractivity contribution in [1.82, 2.24) is 19.1 Å². The number of benzene rings is 3. The molecule has 34 heavy (non-hydrogen) atoms. The summed E-state index contributed by atoms with van der Waals surface area (Å²) in [5.74, 6) is 0. The Labute approximate surface area is 194 Å². The van der Waals surface area contributed by atoms with E-state index >= 15 is 0 Å². The van der Waals surface area contributed by atoms with Gasteiger partial charge in [-0.3, -0.25) is 9.97 Å². The summed E-state index contributed by atoms with van der Waals surface area (Å²) in [5, 5.41) is 11.6. The van der Waals surface area contributed by atoms with Gasteiger partial charge in [-0.1, -0.05) is 42.5 Å². The van der Waals surface area contributed by atoms with E-state index in [0.29, 0.717) is 5.56 Å². The summed E-state index contributed by atoms with van der Waals surface area (Å²) in [5.41, 5.74) is 8.56. The molecule has 0 spiro atoms. The van der Waals surface area contributed by atoms with Gasteiger partial charge in [0.1, 0.15) is 0 Å². The molecular weight excluding hydrogens is 418 g/mol. The van der Waals surface area contributed by atoms with Crippen molar-refractivity contribution in [2.75, 3.05) is 0 Å². The molecule has 0 bridgehead atoms. The summed E-state index contributed by atoms with van der Waals surface area (Å²) in [6.45, 7) is 0. The molecular formula is C29H17N5. The van der Waals surface area contributed by atoms with E-state index in [2.05, 4.69) is 45.5 Å². The Morgan fingerprint density at radius 1 is 0.618 bits per heavy atom. The molecule has 4 aromatic heterocycles. The molecule has 0 saturated heterocycles. The predicted molar refractivity (Wildman–Crippen MR) is 135 cm³/mol. The molecule has 4 heterocycles. The van der Waals surface area contributed by atoms with Gasteiger partial charge >= 0.3 is 0 Å². The topological polar surface area (TPSA) is 59.4 Å². The first-order valence-electron chi connectivity index (χ1n) is 11.1. The highest BCUT2D eigenvalue weighted by atomic mass is 15.1. The Bertz CT molecular complexity index is 1920. The summed E-state index contributed by atoms with van der Waals surface area (Å²) in [7, 11) is 0. The molecule has 158 valence electrons. The lowest BCUT2D eigenvalue weighted by atomic mass is 10.2. The fourth-order valence-electron chi connectivity index (χ4n) is 5.02. The third-order valence-corrected chi connectivity index (χ3v) is 6.40. The van der Waals surface area contributed by atoms with E-state index < -0.39 is 0 Å². The number of rotatable bonds is 2. The minimum absolute atomic E-state index is 0.619. The average molecular weight is 435 g/mol. The van der Waals surface area contributed by atoms with Gasteiger partial charge in [-0.2, -0.15) is 5.26 Å². The van der Waals surface area contributed by atoms with Crippen molar-refractivity contribution in [2.24, 2.45) is 0 Å². The number of aromatic nitrogens is 4. The van der Waals surface area contributed by atoms with Crippen LogP contribution in [0.3, 0.4) is 0 Å². The third-order valence-electron chi connectivity index (χ3n) is 6.40. The minimum Gasteiger partial charge on any atom is -0.306 e. The first-order chi connectivity index (χ1) is 16.8. The van der Waals surface area contributed by atoms with Gasteiger partial charge in [-0.05, 0) is 48.5 Å². The molecule has 0 aliphatic heterocycles. The second-order valence-corrected chi connectivity index (χ2v) is 8.27. The summed E-state index contributed by atoms with van der Waals surface area (Å²) in [4.78, 5) is 9.68. The van der Waals surface area contributed by atoms with Gasteiger partial charge in [-0.25, -0.2) is 0 Å². The monoisotopic (exact) mass is 435 g/mol. The van der Waals surface area contributed by atoms with Crippen LogP contribution in [-0.2, 0) is 0 Å². The van der Waals surface area contributed by atoms with E-state index in [9.17, 15) is 5.26 Å². The first-order valence-corrected chi connectivity index (χ1v) is 11.1. The number of nitriles is 1. The Morgan fingerprint density at radius 3 is 2.26 bits per heavy atom. The lowest BCUT2D eigenvalue weighted by Gasteiger charge is -2.12. The van der Waals surface area contributed by atoms with Gasteiger partial charge in [-0.15, -0.1) is 0 Å². The third kappa shape index (κ3) is 2.48. The fourth-order valence-corrected chi connectivity index (χ4v) is 5.02. The first kappa shape index (κ1) is 18.6. The maximum Gasteiger partial charge on any atom is 0.0992 e. The fraction of sp³-hybridized carbons (Fsp3) is 0. The van der Waals surface area contributed by atoms with E-state index in [-0.39, 0.29) is 0 Å². The van der Waals surface area contributed by atoms with Crippen molar-refractivity contribution >= 4 is 43.9 Å². The molecule has 7 rings (SSSR count). The molecule has 0 aliphatic carbocycles. The molecule has 5 heteroatoms. The molecule has 0 amide bonds.